The lowest BCUT2D eigenvalue weighted by atomic mass is 10.1. The first kappa shape index (κ1) is 21.3. The molecule has 0 aromatic heterocycles. The quantitative estimate of drug-likeness (QED) is 0.528. The Morgan fingerprint density at radius 2 is 1.71 bits per heavy atom. The van der Waals surface area contributed by atoms with E-state index in [-0.39, 0.29) is 18.5 Å². The summed E-state index contributed by atoms with van der Waals surface area (Å²) in [6.45, 7) is 1.25. The number of methoxy groups -OCH3 is 1. The highest BCUT2D eigenvalue weighted by atomic mass is 32.2. The van der Waals surface area contributed by atoms with E-state index in [0.29, 0.717) is 24.7 Å². The molecular formula is C25H26N2O3S. The number of hydrogen-bond acceptors (Lipinski definition) is 5. The number of benzene rings is 3. The van der Waals surface area contributed by atoms with Crippen LogP contribution in [0.15, 0.2) is 83.8 Å². The van der Waals surface area contributed by atoms with Crippen LogP contribution in [0.3, 0.4) is 0 Å². The summed E-state index contributed by atoms with van der Waals surface area (Å²) >= 11 is 1.80. The molecule has 160 valence electrons. The Morgan fingerprint density at radius 1 is 1.00 bits per heavy atom. The standard InChI is InChI=1S/C25H26N2O3S/c1-29-22-12-6-7-13-23(22)30-16-15-26-17-25(28)27-20-11-5-8-14-24(20)31-18-21(27)19-9-3-2-4-10-19/h2-14,21,26H,15-18H2,1H3/t21-/m0/s1. The molecular weight excluding hydrogens is 408 g/mol. The molecule has 0 saturated heterocycles. The number of nitrogens with one attached hydrogen (secondary N) is 1. The fourth-order valence-electron chi connectivity index (χ4n) is 3.67. The molecule has 0 fully saturated rings. The Balaban J connectivity index is 1.39. The summed E-state index contributed by atoms with van der Waals surface area (Å²) in [7, 11) is 1.62. The van der Waals surface area contributed by atoms with E-state index in [1.54, 1.807) is 18.9 Å². The zero-order chi connectivity index (χ0) is 21.5. The maximum Gasteiger partial charge on any atom is 0.241 e. The maximum absolute atomic E-state index is 13.3. The van der Waals surface area contributed by atoms with E-state index in [9.17, 15) is 4.79 Å². The molecule has 31 heavy (non-hydrogen) atoms. The number of anilines is 1. The number of carbonyl (C=O) groups is 1. The van der Waals surface area contributed by atoms with Crippen LogP contribution < -0.4 is 19.7 Å². The molecule has 5 nitrogen and oxygen atoms in total. The van der Waals surface area contributed by atoms with Gasteiger partial charge in [0.05, 0.1) is 25.4 Å². The smallest absolute Gasteiger partial charge is 0.241 e. The third-order valence-electron chi connectivity index (χ3n) is 5.17. The van der Waals surface area contributed by atoms with Crippen molar-refractivity contribution < 1.29 is 14.3 Å². The van der Waals surface area contributed by atoms with Gasteiger partial charge in [0.15, 0.2) is 11.5 Å². The van der Waals surface area contributed by atoms with Crippen LogP contribution in [0.25, 0.3) is 0 Å². The fourth-order valence-corrected chi connectivity index (χ4v) is 4.84. The van der Waals surface area contributed by atoms with Crippen molar-refractivity contribution in [3.05, 3.63) is 84.4 Å². The van der Waals surface area contributed by atoms with Gasteiger partial charge in [-0.25, -0.2) is 0 Å². The number of fused-ring (bicyclic) bond motifs is 1. The molecule has 0 saturated carbocycles. The van der Waals surface area contributed by atoms with E-state index in [4.69, 9.17) is 9.47 Å². The van der Waals surface area contributed by atoms with Gasteiger partial charge in [-0.1, -0.05) is 54.6 Å². The number of para-hydroxylation sites is 3. The summed E-state index contributed by atoms with van der Waals surface area (Å²) in [4.78, 5) is 16.4. The van der Waals surface area contributed by atoms with Crippen LogP contribution in [-0.2, 0) is 4.79 Å². The first-order valence-electron chi connectivity index (χ1n) is 10.3. The lowest BCUT2D eigenvalue weighted by molar-refractivity contribution is -0.118. The van der Waals surface area contributed by atoms with Crippen LogP contribution in [0, 0.1) is 0 Å². The molecule has 4 rings (SSSR count). The minimum atomic E-state index is 0.0141. The van der Waals surface area contributed by atoms with Gasteiger partial charge in [0, 0.05) is 17.2 Å². The second kappa shape index (κ2) is 10.4. The second-order valence-electron chi connectivity index (χ2n) is 7.15. The Kier molecular flexibility index (Phi) is 7.12. The first-order chi connectivity index (χ1) is 15.3. The number of nitrogens with zero attached hydrogens (tertiary/aromatic N) is 1. The summed E-state index contributed by atoms with van der Waals surface area (Å²) in [5.74, 6) is 2.29. The molecule has 6 heteroatoms. The zero-order valence-electron chi connectivity index (χ0n) is 17.5. The van der Waals surface area contributed by atoms with Gasteiger partial charge in [0.2, 0.25) is 5.91 Å². The molecule has 3 aromatic carbocycles. The average molecular weight is 435 g/mol. The van der Waals surface area contributed by atoms with Gasteiger partial charge in [0.1, 0.15) is 6.61 Å². The van der Waals surface area contributed by atoms with Crippen molar-refractivity contribution in [3.63, 3.8) is 0 Å². The van der Waals surface area contributed by atoms with Gasteiger partial charge in [-0.05, 0) is 29.8 Å². The van der Waals surface area contributed by atoms with Gasteiger partial charge < -0.3 is 19.7 Å². The van der Waals surface area contributed by atoms with Crippen LogP contribution in [0.1, 0.15) is 11.6 Å². The first-order valence-corrected chi connectivity index (χ1v) is 11.3. The van der Waals surface area contributed by atoms with Crippen LogP contribution in [0.4, 0.5) is 5.69 Å². The van der Waals surface area contributed by atoms with E-state index in [2.05, 4.69) is 23.5 Å². The average Bonchev–Trinajstić information content (AvgIpc) is 2.83. The highest BCUT2D eigenvalue weighted by Gasteiger charge is 2.32. The van der Waals surface area contributed by atoms with Crippen molar-refractivity contribution in [2.75, 3.05) is 37.5 Å². The maximum atomic E-state index is 13.3. The van der Waals surface area contributed by atoms with Gasteiger partial charge in [-0.2, -0.15) is 0 Å². The van der Waals surface area contributed by atoms with Crippen molar-refractivity contribution in [1.82, 2.24) is 5.32 Å². The SMILES string of the molecule is COc1ccccc1OCCNCC(=O)N1c2ccccc2SC[C@H]1c1ccccc1. The number of rotatable bonds is 8. The third-order valence-corrected chi connectivity index (χ3v) is 6.31. The summed E-state index contributed by atoms with van der Waals surface area (Å²) in [6, 6.07) is 25.9. The molecule has 0 unspecified atom stereocenters. The van der Waals surface area contributed by atoms with E-state index in [0.717, 1.165) is 21.9 Å². The summed E-state index contributed by atoms with van der Waals surface area (Å²) < 4.78 is 11.1. The predicted octanol–water partition coefficient (Wildman–Crippen LogP) is 4.54. The third kappa shape index (κ3) is 5.03. The Hall–Kier alpha value is -2.96. The predicted molar refractivity (Wildman–Crippen MR) is 125 cm³/mol. The molecule has 0 bridgehead atoms. The number of carbonyl (C=O) groups excluding carboxylic acids is 1. The fraction of sp³-hybridized carbons (Fsp3) is 0.240. The summed E-state index contributed by atoms with van der Waals surface area (Å²) in [6.07, 6.45) is 0. The van der Waals surface area contributed by atoms with Gasteiger partial charge >= 0.3 is 0 Å². The molecule has 1 aliphatic heterocycles. The molecule has 0 aliphatic carbocycles. The number of amides is 1. The molecule has 3 aromatic rings. The molecule has 0 radical (unpaired) electrons. The number of ether oxygens (including phenoxy) is 2. The van der Waals surface area contributed by atoms with Gasteiger partial charge in [0.25, 0.3) is 0 Å². The summed E-state index contributed by atoms with van der Waals surface area (Å²) in [5, 5.41) is 3.23. The van der Waals surface area contributed by atoms with E-state index < -0.39 is 0 Å². The largest absolute Gasteiger partial charge is 0.493 e. The Labute approximate surface area is 187 Å². The molecule has 1 aliphatic rings. The molecule has 0 spiro atoms. The van der Waals surface area contributed by atoms with Crippen LogP contribution in [-0.4, -0.2) is 38.5 Å². The Bertz CT molecular complexity index is 1010. The molecule has 1 amide bonds. The molecule has 1 N–H and O–H groups in total. The monoisotopic (exact) mass is 434 g/mol. The minimum absolute atomic E-state index is 0.0141. The van der Waals surface area contributed by atoms with Crippen LogP contribution >= 0.6 is 11.8 Å². The van der Waals surface area contributed by atoms with Crippen LogP contribution in [0.5, 0.6) is 11.5 Å². The highest BCUT2D eigenvalue weighted by molar-refractivity contribution is 7.99. The van der Waals surface area contributed by atoms with Gasteiger partial charge in [-0.15, -0.1) is 11.8 Å². The highest BCUT2D eigenvalue weighted by Crippen LogP contribution is 2.42. The topological polar surface area (TPSA) is 50.8 Å². The van der Waals surface area contributed by atoms with E-state index >= 15 is 0 Å². The van der Waals surface area contributed by atoms with E-state index in [1.165, 1.54) is 0 Å². The zero-order valence-corrected chi connectivity index (χ0v) is 18.3. The van der Waals surface area contributed by atoms with Crippen molar-refractivity contribution in [3.8, 4) is 11.5 Å². The Morgan fingerprint density at radius 3 is 2.52 bits per heavy atom. The van der Waals surface area contributed by atoms with Gasteiger partial charge in [-0.3, -0.25) is 4.79 Å². The molecule has 1 atom stereocenters. The normalized spacial score (nSPS) is 15.3. The lowest BCUT2D eigenvalue weighted by Crippen LogP contribution is -2.43. The lowest BCUT2D eigenvalue weighted by Gasteiger charge is -2.37. The van der Waals surface area contributed by atoms with Crippen LogP contribution in [0.2, 0.25) is 0 Å². The molecule has 1 heterocycles. The van der Waals surface area contributed by atoms with Crippen molar-refractivity contribution >= 4 is 23.4 Å². The number of hydrogen-bond donors (Lipinski definition) is 1. The van der Waals surface area contributed by atoms with Crippen molar-refractivity contribution in [2.45, 2.75) is 10.9 Å². The van der Waals surface area contributed by atoms with E-state index in [1.807, 2.05) is 65.6 Å². The number of thioether (sulfide) groups is 1. The van der Waals surface area contributed by atoms with Crippen molar-refractivity contribution in [2.24, 2.45) is 0 Å². The minimum Gasteiger partial charge on any atom is -0.493 e. The summed E-state index contributed by atoms with van der Waals surface area (Å²) in [5.41, 5.74) is 2.13. The van der Waals surface area contributed by atoms with Crippen molar-refractivity contribution in [1.29, 1.82) is 0 Å². The second-order valence-corrected chi connectivity index (χ2v) is 8.21.